The molecule has 1 aromatic rings. The fourth-order valence-corrected chi connectivity index (χ4v) is 1.40. The van der Waals surface area contributed by atoms with Crippen LogP contribution < -0.4 is 10.6 Å². The van der Waals surface area contributed by atoms with Gasteiger partial charge in [-0.05, 0) is 25.5 Å². The van der Waals surface area contributed by atoms with Crippen LogP contribution in [0.1, 0.15) is 22.8 Å². The molecule has 0 spiro atoms. The Kier molecular flexibility index (Phi) is 4.33. The first-order chi connectivity index (χ1) is 8.45. The Balaban J connectivity index is 2.94. The summed E-state index contributed by atoms with van der Waals surface area (Å²) >= 11 is 0. The first kappa shape index (κ1) is 13.6. The second-order valence-electron chi connectivity index (χ2n) is 3.79. The van der Waals surface area contributed by atoms with Gasteiger partial charge in [-0.15, -0.1) is 6.42 Å². The van der Waals surface area contributed by atoms with Gasteiger partial charge in [0, 0.05) is 0 Å². The van der Waals surface area contributed by atoms with Crippen LogP contribution in [0, 0.1) is 19.3 Å². The number of carbonyl (C=O) groups excluding carboxylic acids is 1. The maximum absolute atomic E-state index is 11.6. The van der Waals surface area contributed by atoms with Crippen LogP contribution in [0.3, 0.4) is 0 Å². The summed E-state index contributed by atoms with van der Waals surface area (Å²) in [7, 11) is 0. The molecule has 0 saturated carbocycles. The first-order valence-corrected chi connectivity index (χ1v) is 5.32. The summed E-state index contributed by atoms with van der Waals surface area (Å²) < 4.78 is 0. The lowest BCUT2D eigenvalue weighted by Gasteiger charge is -2.13. The first-order valence-electron chi connectivity index (χ1n) is 5.32. The number of carboxylic acids is 1. The molecule has 0 heterocycles. The number of terminal acetylenes is 1. The summed E-state index contributed by atoms with van der Waals surface area (Å²) in [5.74, 6) is 1.25. The molecule has 1 unspecified atom stereocenters. The maximum atomic E-state index is 11.6. The molecule has 5 heteroatoms. The van der Waals surface area contributed by atoms with E-state index in [0.717, 1.165) is 0 Å². The van der Waals surface area contributed by atoms with Gasteiger partial charge in [-0.1, -0.05) is 18.1 Å². The highest BCUT2D eigenvalue weighted by Crippen LogP contribution is 2.20. The van der Waals surface area contributed by atoms with Gasteiger partial charge in [0.2, 0.25) is 0 Å². The van der Waals surface area contributed by atoms with Crippen molar-refractivity contribution in [1.82, 2.24) is 5.32 Å². The topological polar surface area (TPSA) is 78.4 Å². The monoisotopic (exact) mass is 246 g/mol. The molecular weight excluding hydrogens is 232 g/mol. The fraction of sp³-hybridized carbons (Fsp3) is 0.231. The van der Waals surface area contributed by atoms with Crippen molar-refractivity contribution >= 4 is 17.7 Å². The van der Waals surface area contributed by atoms with E-state index in [1.54, 1.807) is 26.0 Å². The number of rotatable bonds is 3. The summed E-state index contributed by atoms with van der Waals surface area (Å²) in [6.45, 7) is 3.36. The minimum atomic E-state index is -1.10. The van der Waals surface area contributed by atoms with Gasteiger partial charge in [-0.2, -0.15) is 0 Å². The van der Waals surface area contributed by atoms with Crippen LogP contribution in [0.2, 0.25) is 0 Å². The van der Waals surface area contributed by atoms with Crippen molar-refractivity contribution in [2.45, 2.75) is 19.9 Å². The van der Waals surface area contributed by atoms with Crippen LogP contribution in [-0.4, -0.2) is 23.1 Å². The quantitative estimate of drug-likeness (QED) is 0.712. The number of para-hydroxylation sites is 1. The highest BCUT2D eigenvalue weighted by Gasteiger charge is 2.14. The molecule has 0 bridgehead atoms. The molecule has 2 amide bonds. The zero-order valence-corrected chi connectivity index (χ0v) is 10.2. The van der Waals surface area contributed by atoms with Crippen LogP contribution in [0.5, 0.6) is 0 Å². The number of carbonyl (C=O) groups is 2. The average Bonchev–Trinajstić information content (AvgIpc) is 2.31. The summed E-state index contributed by atoms with van der Waals surface area (Å²) in [5.41, 5.74) is 0.976. The van der Waals surface area contributed by atoms with Gasteiger partial charge in [-0.3, -0.25) is 0 Å². The largest absolute Gasteiger partial charge is 0.478 e. The molecule has 0 aliphatic heterocycles. The van der Waals surface area contributed by atoms with Crippen LogP contribution >= 0.6 is 0 Å². The third-order valence-corrected chi connectivity index (χ3v) is 2.34. The third kappa shape index (κ3) is 3.25. The molecule has 5 nitrogen and oxygen atoms in total. The molecule has 3 N–H and O–H groups in total. The Hall–Kier alpha value is -2.48. The minimum absolute atomic E-state index is 0.0403. The zero-order chi connectivity index (χ0) is 13.7. The maximum Gasteiger partial charge on any atom is 0.337 e. The third-order valence-electron chi connectivity index (χ3n) is 2.34. The summed E-state index contributed by atoms with van der Waals surface area (Å²) in [4.78, 5) is 22.6. The van der Waals surface area contributed by atoms with Crippen molar-refractivity contribution < 1.29 is 14.7 Å². The van der Waals surface area contributed by atoms with Crippen LogP contribution in [-0.2, 0) is 0 Å². The lowest BCUT2D eigenvalue weighted by Crippen LogP contribution is -2.35. The second-order valence-corrected chi connectivity index (χ2v) is 3.79. The molecule has 1 aromatic carbocycles. The van der Waals surface area contributed by atoms with Crippen LogP contribution in [0.25, 0.3) is 0 Å². The van der Waals surface area contributed by atoms with Crippen molar-refractivity contribution in [2.75, 3.05) is 5.32 Å². The van der Waals surface area contributed by atoms with E-state index < -0.39 is 18.0 Å². The van der Waals surface area contributed by atoms with E-state index >= 15 is 0 Å². The fourth-order valence-electron chi connectivity index (χ4n) is 1.40. The smallest absolute Gasteiger partial charge is 0.337 e. The van der Waals surface area contributed by atoms with Crippen molar-refractivity contribution in [3.63, 3.8) is 0 Å². The van der Waals surface area contributed by atoms with Crippen LogP contribution in [0.15, 0.2) is 18.2 Å². The molecule has 0 fully saturated rings. The number of urea groups is 1. The van der Waals surface area contributed by atoms with Gasteiger partial charge >= 0.3 is 12.0 Å². The Morgan fingerprint density at radius 2 is 2.11 bits per heavy atom. The van der Waals surface area contributed by atoms with Gasteiger partial charge in [0.05, 0.1) is 17.3 Å². The van der Waals surface area contributed by atoms with Crippen molar-refractivity contribution in [1.29, 1.82) is 0 Å². The number of carboxylic acid groups (broad SMARTS) is 1. The molecule has 18 heavy (non-hydrogen) atoms. The Morgan fingerprint density at radius 3 is 2.67 bits per heavy atom. The molecular formula is C13H14N2O3. The van der Waals surface area contributed by atoms with E-state index in [1.807, 2.05) is 0 Å². The number of amides is 2. The SMILES string of the molecule is C#CC(C)NC(=O)Nc1c(C)cccc1C(=O)O. The van der Waals surface area contributed by atoms with E-state index in [0.29, 0.717) is 5.56 Å². The Morgan fingerprint density at radius 1 is 1.44 bits per heavy atom. The van der Waals surface area contributed by atoms with E-state index in [9.17, 15) is 9.59 Å². The molecule has 0 aromatic heterocycles. The minimum Gasteiger partial charge on any atom is -0.478 e. The number of aromatic carboxylic acids is 1. The number of benzene rings is 1. The van der Waals surface area contributed by atoms with E-state index in [4.69, 9.17) is 11.5 Å². The summed E-state index contributed by atoms with van der Waals surface area (Å²) in [6.07, 6.45) is 5.14. The van der Waals surface area contributed by atoms with Crippen LogP contribution in [0.4, 0.5) is 10.5 Å². The van der Waals surface area contributed by atoms with E-state index in [1.165, 1.54) is 6.07 Å². The highest BCUT2D eigenvalue weighted by atomic mass is 16.4. The Bertz CT molecular complexity index is 517. The van der Waals surface area contributed by atoms with Crippen molar-refractivity contribution in [2.24, 2.45) is 0 Å². The van der Waals surface area contributed by atoms with Crippen molar-refractivity contribution in [3.8, 4) is 12.3 Å². The van der Waals surface area contributed by atoms with Gasteiger partial charge in [0.1, 0.15) is 0 Å². The van der Waals surface area contributed by atoms with Gasteiger partial charge in [0.15, 0.2) is 0 Å². The summed E-state index contributed by atoms with van der Waals surface area (Å²) in [5, 5.41) is 14.0. The van der Waals surface area contributed by atoms with Crippen molar-refractivity contribution in [3.05, 3.63) is 29.3 Å². The number of anilines is 1. The molecule has 1 rings (SSSR count). The number of hydrogen-bond acceptors (Lipinski definition) is 2. The molecule has 0 saturated heterocycles. The predicted octanol–water partition coefficient (Wildman–Crippen LogP) is 1.84. The number of nitrogens with one attached hydrogen (secondary N) is 2. The zero-order valence-electron chi connectivity index (χ0n) is 10.2. The number of hydrogen-bond donors (Lipinski definition) is 3. The lowest BCUT2D eigenvalue weighted by atomic mass is 10.1. The predicted molar refractivity (Wildman–Crippen MR) is 68.6 cm³/mol. The van der Waals surface area contributed by atoms with E-state index in [2.05, 4.69) is 16.6 Å². The van der Waals surface area contributed by atoms with Gasteiger partial charge in [0.25, 0.3) is 0 Å². The number of aryl methyl sites for hydroxylation is 1. The Labute approximate surface area is 105 Å². The van der Waals surface area contributed by atoms with Gasteiger partial charge in [-0.25, -0.2) is 9.59 Å². The molecule has 0 aliphatic carbocycles. The van der Waals surface area contributed by atoms with E-state index in [-0.39, 0.29) is 11.3 Å². The lowest BCUT2D eigenvalue weighted by molar-refractivity contribution is 0.0698. The molecule has 0 radical (unpaired) electrons. The second kappa shape index (κ2) is 5.73. The highest BCUT2D eigenvalue weighted by molar-refractivity contribution is 6.01. The summed E-state index contributed by atoms with van der Waals surface area (Å²) in [6, 6.07) is 3.80. The van der Waals surface area contributed by atoms with Gasteiger partial charge < -0.3 is 15.7 Å². The molecule has 1 atom stereocenters. The standard InChI is InChI=1S/C13H14N2O3/c1-4-9(3)14-13(18)15-11-8(2)6-5-7-10(11)12(16)17/h1,5-7,9H,2-3H3,(H,16,17)(H2,14,15,18). The average molecular weight is 246 g/mol. The normalized spacial score (nSPS) is 11.2. The molecule has 0 aliphatic rings. The molecule has 94 valence electrons.